The number of halogens is 1. The SMILES string of the molecule is CC(=O)Nc1cccc(-c2cc(CCl)ccn2)c1. The van der Waals surface area contributed by atoms with Crippen LogP contribution in [0.3, 0.4) is 0 Å². The van der Waals surface area contributed by atoms with Gasteiger partial charge < -0.3 is 5.32 Å². The van der Waals surface area contributed by atoms with E-state index in [1.54, 1.807) is 6.20 Å². The lowest BCUT2D eigenvalue weighted by Crippen LogP contribution is -2.05. The standard InChI is InChI=1S/C14H13ClN2O/c1-10(18)17-13-4-2-3-12(8-13)14-7-11(9-15)5-6-16-14/h2-8H,9H2,1H3,(H,17,18). The smallest absolute Gasteiger partial charge is 0.221 e. The van der Waals surface area contributed by atoms with Gasteiger partial charge in [0.1, 0.15) is 0 Å². The first-order valence-corrected chi connectivity index (χ1v) is 6.11. The van der Waals surface area contributed by atoms with Crippen LogP contribution in [0.4, 0.5) is 5.69 Å². The molecule has 1 amide bonds. The van der Waals surface area contributed by atoms with Crippen molar-refractivity contribution in [2.75, 3.05) is 5.32 Å². The Morgan fingerprint density at radius 2 is 2.17 bits per heavy atom. The van der Waals surface area contributed by atoms with Crippen molar-refractivity contribution < 1.29 is 4.79 Å². The molecule has 0 atom stereocenters. The molecule has 4 heteroatoms. The molecule has 1 heterocycles. The topological polar surface area (TPSA) is 42.0 Å². The van der Waals surface area contributed by atoms with Crippen LogP contribution in [0, 0.1) is 0 Å². The van der Waals surface area contributed by atoms with Gasteiger partial charge >= 0.3 is 0 Å². The van der Waals surface area contributed by atoms with Gasteiger partial charge in [-0.2, -0.15) is 0 Å². The lowest BCUT2D eigenvalue weighted by Gasteiger charge is -2.06. The van der Waals surface area contributed by atoms with Crippen LogP contribution >= 0.6 is 11.6 Å². The molecule has 0 bridgehead atoms. The zero-order valence-corrected chi connectivity index (χ0v) is 10.7. The number of benzene rings is 1. The van der Waals surface area contributed by atoms with E-state index in [1.165, 1.54) is 6.92 Å². The summed E-state index contributed by atoms with van der Waals surface area (Å²) >= 11 is 5.80. The van der Waals surface area contributed by atoms with Crippen molar-refractivity contribution in [3.05, 3.63) is 48.2 Å². The minimum Gasteiger partial charge on any atom is -0.326 e. The third-order valence-electron chi connectivity index (χ3n) is 2.46. The molecule has 0 saturated carbocycles. The molecule has 18 heavy (non-hydrogen) atoms. The number of nitrogens with zero attached hydrogens (tertiary/aromatic N) is 1. The molecule has 0 saturated heterocycles. The normalized spacial score (nSPS) is 10.1. The van der Waals surface area contributed by atoms with Gasteiger partial charge in [-0.3, -0.25) is 9.78 Å². The number of carbonyl (C=O) groups is 1. The van der Waals surface area contributed by atoms with Gasteiger partial charge in [0, 0.05) is 30.3 Å². The maximum absolute atomic E-state index is 11.0. The van der Waals surface area contributed by atoms with E-state index in [-0.39, 0.29) is 5.91 Å². The molecule has 0 aliphatic heterocycles. The average Bonchev–Trinajstić information content (AvgIpc) is 2.38. The zero-order valence-electron chi connectivity index (χ0n) is 9.98. The maximum atomic E-state index is 11.0. The molecule has 0 aliphatic rings. The highest BCUT2D eigenvalue weighted by molar-refractivity contribution is 6.17. The Balaban J connectivity index is 2.34. The quantitative estimate of drug-likeness (QED) is 0.859. The van der Waals surface area contributed by atoms with E-state index < -0.39 is 0 Å². The number of amides is 1. The molecule has 0 spiro atoms. The monoisotopic (exact) mass is 260 g/mol. The summed E-state index contributed by atoms with van der Waals surface area (Å²) in [6.07, 6.45) is 1.73. The van der Waals surface area contributed by atoms with Crippen molar-refractivity contribution in [2.24, 2.45) is 0 Å². The summed E-state index contributed by atoms with van der Waals surface area (Å²) in [6.45, 7) is 1.49. The number of hydrogen-bond donors (Lipinski definition) is 1. The number of hydrogen-bond acceptors (Lipinski definition) is 2. The van der Waals surface area contributed by atoms with Crippen LogP contribution in [0.15, 0.2) is 42.6 Å². The number of anilines is 1. The summed E-state index contributed by atoms with van der Waals surface area (Å²) in [7, 11) is 0. The molecular formula is C14H13ClN2O. The first-order chi connectivity index (χ1) is 8.69. The van der Waals surface area contributed by atoms with Gasteiger partial charge in [0.2, 0.25) is 5.91 Å². The van der Waals surface area contributed by atoms with Crippen LogP contribution in [0.25, 0.3) is 11.3 Å². The second-order valence-electron chi connectivity index (χ2n) is 3.94. The Morgan fingerprint density at radius 3 is 2.89 bits per heavy atom. The Kier molecular flexibility index (Phi) is 3.95. The highest BCUT2D eigenvalue weighted by atomic mass is 35.5. The second kappa shape index (κ2) is 5.65. The summed E-state index contributed by atoms with van der Waals surface area (Å²) < 4.78 is 0. The van der Waals surface area contributed by atoms with E-state index in [1.807, 2.05) is 36.4 Å². The van der Waals surface area contributed by atoms with Crippen molar-refractivity contribution >= 4 is 23.2 Å². The molecule has 1 N–H and O–H groups in total. The Bertz CT molecular complexity index is 569. The summed E-state index contributed by atoms with van der Waals surface area (Å²) in [5, 5.41) is 2.75. The molecule has 0 fully saturated rings. The molecule has 1 aromatic heterocycles. The lowest BCUT2D eigenvalue weighted by atomic mass is 10.1. The van der Waals surface area contributed by atoms with E-state index in [4.69, 9.17) is 11.6 Å². The zero-order chi connectivity index (χ0) is 13.0. The van der Waals surface area contributed by atoms with Gasteiger partial charge in [-0.05, 0) is 29.8 Å². The summed E-state index contributed by atoms with van der Waals surface area (Å²) in [5.74, 6) is 0.371. The molecule has 0 aliphatic carbocycles. The highest BCUT2D eigenvalue weighted by Gasteiger charge is 2.02. The van der Waals surface area contributed by atoms with Crippen LogP contribution in [-0.2, 0) is 10.7 Å². The minimum atomic E-state index is -0.0883. The number of pyridine rings is 1. The third kappa shape index (κ3) is 3.08. The van der Waals surface area contributed by atoms with E-state index in [0.717, 1.165) is 22.5 Å². The summed E-state index contributed by atoms with van der Waals surface area (Å²) in [4.78, 5) is 15.3. The molecule has 92 valence electrons. The maximum Gasteiger partial charge on any atom is 0.221 e. The van der Waals surface area contributed by atoms with E-state index >= 15 is 0 Å². The predicted molar refractivity (Wildman–Crippen MR) is 73.5 cm³/mol. The van der Waals surface area contributed by atoms with Crippen molar-refractivity contribution in [1.29, 1.82) is 0 Å². The van der Waals surface area contributed by atoms with Gasteiger partial charge in [-0.15, -0.1) is 11.6 Å². The molecule has 1 aromatic carbocycles. The second-order valence-corrected chi connectivity index (χ2v) is 4.21. The van der Waals surface area contributed by atoms with Gasteiger partial charge in [0.25, 0.3) is 0 Å². The summed E-state index contributed by atoms with van der Waals surface area (Å²) in [5.41, 5.74) is 3.58. The third-order valence-corrected chi connectivity index (χ3v) is 2.77. The van der Waals surface area contributed by atoms with Gasteiger partial charge in [-0.1, -0.05) is 12.1 Å². The fourth-order valence-corrected chi connectivity index (χ4v) is 1.84. The van der Waals surface area contributed by atoms with Crippen molar-refractivity contribution in [3.8, 4) is 11.3 Å². The number of carbonyl (C=O) groups excluding carboxylic acids is 1. The predicted octanol–water partition coefficient (Wildman–Crippen LogP) is 3.45. The fraction of sp³-hybridized carbons (Fsp3) is 0.143. The van der Waals surface area contributed by atoms with Gasteiger partial charge in [0.05, 0.1) is 5.69 Å². The van der Waals surface area contributed by atoms with Crippen molar-refractivity contribution in [2.45, 2.75) is 12.8 Å². The van der Waals surface area contributed by atoms with Gasteiger partial charge in [0.15, 0.2) is 0 Å². The van der Waals surface area contributed by atoms with Crippen molar-refractivity contribution in [3.63, 3.8) is 0 Å². The van der Waals surface area contributed by atoms with Crippen molar-refractivity contribution in [1.82, 2.24) is 4.98 Å². The first-order valence-electron chi connectivity index (χ1n) is 5.58. The minimum absolute atomic E-state index is 0.0883. The van der Waals surface area contributed by atoms with Crippen LogP contribution < -0.4 is 5.32 Å². The molecule has 2 rings (SSSR count). The van der Waals surface area contributed by atoms with Crippen LogP contribution in [0.5, 0.6) is 0 Å². The van der Waals surface area contributed by atoms with E-state index in [0.29, 0.717) is 5.88 Å². The molecule has 3 nitrogen and oxygen atoms in total. The lowest BCUT2D eigenvalue weighted by molar-refractivity contribution is -0.114. The number of alkyl halides is 1. The highest BCUT2D eigenvalue weighted by Crippen LogP contribution is 2.22. The fourth-order valence-electron chi connectivity index (χ4n) is 1.67. The first kappa shape index (κ1) is 12.6. The Labute approximate surface area is 111 Å². The van der Waals surface area contributed by atoms with Crippen LogP contribution in [0.2, 0.25) is 0 Å². The molecule has 2 aromatic rings. The molecule has 0 radical (unpaired) electrons. The summed E-state index contributed by atoms with van der Waals surface area (Å²) in [6, 6.07) is 11.4. The van der Waals surface area contributed by atoms with E-state index in [2.05, 4.69) is 10.3 Å². The largest absolute Gasteiger partial charge is 0.326 e. The molecular weight excluding hydrogens is 248 g/mol. The van der Waals surface area contributed by atoms with Gasteiger partial charge in [-0.25, -0.2) is 0 Å². The molecule has 0 unspecified atom stereocenters. The Hall–Kier alpha value is -1.87. The van der Waals surface area contributed by atoms with E-state index in [9.17, 15) is 4.79 Å². The average molecular weight is 261 g/mol. The Morgan fingerprint density at radius 1 is 1.33 bits per heavy atom. The number of rotatable bonds is 3. The number of aromatic nitrogens is 1. The number of nitrogens with one attached hydrogen (secondary N) is 1. The van der Waals surface area contributed by atoms with Crippen LogP contribution in [0.1, 0.15) is 12.5 Å². The van der Waals surface area contributed by atoms with Crippen LogP contribution in [-0.4, -0.2) is 10.9 Å².